The van der Waals surface area contributed by atoms with Crippen molar-refractivity contribution in [3.8, 4) is 0 Å². The first-order chi connectivity index (χ1) is 12.8. The van der Waals surface area contributed by atoms with Crippen LogP contribution in [0.5, 0.6) is 0 Å². The number of aliphatic carboxylic acids is 1. The molecule has 0 amide bonds. The number of allylic oxidation sites excluding steroid dienone is 8. The summed E-state index contributed by atoms with van der Waals surface area (Å²) in [4.78, 5) is 10.4. The minimum atomic E-state index is -0.700. The monoisotopic (exact) mass is 360 g/mol. The van der Waals surface area contributed by atoms with Crippen LogP contribution in [0, 0.1) is 0 Å². The third kappa shape index (κ3) is 22.4. The summed E-state index contributed by atoms with van der Waals surface area (Å²) in [5.74, 6) is -0.700. The number of carbonyl (C=O) groups is 1. The van der Waals surface area contributed by atoms with Gasteiger partial charge in [-0.15, -0.1) is 0 Å². The van der Waals surface area contributed by atoms with E-state index in [2.05, 4.69) is 55.5 Å². The van der Waals surface area contributed by atoms with E-state index in [9.17, 15) is 4.79 Å². The van der Waals surface area contributed by atoms with Crippen molar-refractivity contribution in [1.29, 1.82) is 0 Å². The second-order valence-electron chi connectivity index (χ2n) is 6.78. The molecule has 0 bridgehead atoms. The normalized spacial score (nSPS) is 12.3. The molecule has 0 unspecified atom stereocenters. The molecule has 0 aromatic heterocycles. The van der Waals surface area contributed by atoms with Crippen LogP contribution in [0.4, 0.5) is 0 Å². The van der Waals surface area contributed by atoms with Gasteiger partial charge in [0.15, 0.2) is 0 Å². The van der Waals surface area contributed by atoms with E-state index in [0.29, 0.717) is 0 Å². The van der Waals surface area contributed by atoms with E-state index in [-0.39, 0.29) is 6.42 Å². The molecule has 0 saturated heterocycles. The smallest absolute Gasteiger partial charge is 0.303 e. The quantitative estimate of drug-likeness (QED) is 0.200. The standard InChI is InChI=1S/C24H40O2/c1-2-3-4-5-6-7-8-9-10-11-12-13-14-15-16-17-18-19-20-21-22-23-24(25)26/h7-8,10-11,13-14,19-20H,2-6,9,12,15-18,21-23H2,1H3,(H,25,26)/b8-7+,11-10-,14-13-,20-19-. The molecule has 0 rings (SSSR count). The lowest BCUT2D eigenvalue weighted by Gasteiger charge is -1.94. The van der Waals surface area contributed by atoms with Crippen molar-refractivity contribution in [3.63, 3.8) is 0 Å². The highest BCUT2D eigenvalue weighted by Crippen LogP contribution is 2.05. The fraction of sp³-hybridized carbons (Fsp3) is 0.625. The first-order valence-electron chi connectivity index (χ1n) is 10.6. The van der Waals surface area contributed by atoms with E-state index < -0.39 is 5.97 Å². The zero-order valence-electron chi connectivity index (χ0n) is 16.9. The average Bonchev–Trinajstić information content (AvgIpc) is 2.62. The Labute approximate surface area is 161 Å². The summed E-state index contributed by atoms with van der Waals surface area (Å²) in [5, 5.41) is 8.53. The molecule has 0 radical (unpaired) electrons. The lowest BCUT2D eigenvalue weighted by atomic mass is 10.1. The largest absolute Gasteiger partial charge is 0.481 e. The van der Waals surface area contributed by atoms with Gasteiger partial charge in [0.2, 0.25) is 0 Å². The highest BCUT2D eigenvalue weighted by atomic mass is 16.4. The Morgan fingerprint density at radius 3 is 1.54 bits per heavy atom. The molecule has 0 heterocycles. The Morgan fingerprint density at radius 2 is 1.04 bits per heavy atom. The predicted octanol–water partition coefficient (Wildman–Crippen LogP) is 7.78. The minimum absolute atomic E-state index is 0.277. The fourth-order valence-electron chi connectivity index (χ4n) is 2.60. The molecule has 0 fully saturated rings. The molecule has 0 saturated carbocycles. The zero-order valence-corrected chi connectivity index (χ0v) is 16.9. The summed E-state index contributed by atoms with van der Waals surface area (Å²) in [6.45, 7) is 2.25. The van der Waals surface area contributed by atoms with Gasteiger partial charge in [0.1, 0.15) is 0 Å². The van der Waals surface area contributed by atoms with Crippen molar-refractivity contribution >= 4 is 5.97 Å². The highest BCUT2D eigenvalue weighted by molar-refractivity contribution is 5.66. The van der Waals surface area contributed by atoms with Gasteiger partial charge in [-0.25, -0.2) is 0 Å². The van der Waals surface area contributed by atoms with Gasteiger partial charge in [-0.05, 0) is 64.2 Å². The Balaban J connectivity index is 3.33. The van der Waals surface area contributed by atoms with Gasteiger partial charge in [-0.1, -0.05) is 74.8 Å². The molecule has 1 N–H and O–H groups in total. The maximum absolute atomic E-state index is 10.4. The molecule has 0 atom stereocenters. The van der Waals surface area contributed by atoms with Crippen LogP contribution in [0.25, 0.3) is 0 Å². The van der Waals surface area contributed by atoms with E-state index >= 15 is 0 Å². The van der Waals surface area contributed by atoms with Crippen LogP contribution in [0.2, 0.25) is 0 Å². The molecule has 0 aliphatic carbocycles. The number of hydrogen-bond acceptors (Lipinski definition) is 1. The molecule has 0 aliphatic rings. The van der Waals surface area contributed by atoms with Crippen LogP contribution in [0.15, 0.2) is 48.6 Å². The van der Waals surface area contributed by atoms with E-state index in [1.54, 1.807) is 0 Å². The van der Waals surface area contributed by atoms with Gasteiger partial charge >= 0.3 is 5.97 Å². The molecule has 148 valence electrons. The van der Waals surface area contributed by atoms with Gasteiger partial charge in [0.25, 0.3) is 0 Å². The number of carboxylic acids is 1. The Morgan fingerprint density at radius 1 is 0.615 bits per heavy atom. The molecule has 0 spiro atoms. The Kier molecular flexibility index (Phi) is 20.2. The molecule has 0 aromatic carbocycles. The van der Waals surface area contributed by atoms with Crippen molar-refractivity contribution in [1.82, 2.24) is 0 Å². The molecular weight excluding hydrogens is 320 g/mol. The fourth-order valence-corrected chi connectivity index (χ4v) is 2.60. The van der Waals surface area contributed by atoms with E-state index in [4.69, 9.17) is 5.11 Å². The van der Waals surface area contributed by atoms with Crippen molar-refractivity contribution in [2.24, 2.45) is 0 Å². The second kappa shape index (κ2) is 21.5. The molecule has 0 aromatic rings. The van der Waals surface area contributed by atoms with Crippen LogP contribution in [0.3, 0.4) is 0 Å². The molecule has 26 heavy (non-hydrogen) atoms. The third-order valence-electron chi connectivity index (χ3n) is 4.19. The van der Waals surface area contributed by atoms with Crippen molar-refractivity contribution in [2.45, 2.75) is 96.8 Å². The van der Waals surface area contributed by atoms with Crippen molar-refractivity contribution in [2.75, 3.05) is 0 Å². The van der Waals surface area contributed by atoms with E-state index in [1.807, 2.05) is 0 Å². The van der Waals surface area contributed by atoms with E-state index in [0.717, 1.165) is 38.5 Å². The number of hydrogen-bond donors (Lipinski definition) is 1. The van der Waals surface area contributed by atoms with Crippen molar-refractivity contribution < 1.29 is 9.90 Å². The molecular formula is C24H40O2. The number of carboxylic acid groups (broad SMARTS) is 1. The van der Waals surface area contributed by atoms with Crippen LogP contribution in [-0.4, -0.2) is 11.1 Å². The maximum atomic E-state index is 10.4. The van der Waals surface area contributed by atoms with Crippen LogP contribution < -0.4 is 0 Å². The van der Waals surface area contributed by atoms with Gasteiger partial charge in [0, 0.05) is 6.42 Å². The van der Waals surface area contributed by atoms with Gasteiger partial charge in [-0.2, -0.15) is 0 Å². The SMILES string of the molecule is CCCCCC/C=C/C/C=C\C/C=C\CCCC/C=C\CCCC(=O)O. The van der Waals surface area contributed by atoms with Crippen LogP contribution in [0.1, 0.15) is 96.8 Å². The molecule has 0 aliphatic heterocycles. The minimum Gasteiger partial charge on any atom is -0.481 e. The summed E-state index contributed by atoms with van der Waals surface area (Å²) in [6, 6.07) is 0. The summed E-state index contributed by atoms with van der Waals surface area (Å²) >= 11 is 0. The summed E-state index contributed by atoms with van der Waals surface area (Å²) in [7, 11) is 0. The number of rotatable bonds is 18. The summed E-state index contributed by atoms with van der Waals surface area (Å²) in [6.07, 6.45) is 33.2. The predicted molar refractivity (Wildman–Crippen MR) is 115 cm³/mol. The lowest BCUT2D eigenvalue weighted by molar-refractivity contribution is -0.137. The van der Waals surface area contributed by atoms with Gasteiger partial charge in [0.05, 0.1) is 0 Å². The third-order valence-corrected chi connectivity index (χ3v) is 4.19. The van der Waals surface area contributed by atoms with E-state index in [1.165, 1.54) is 44.9 Å². The van der Waals surface area contributed by atoms with Crippen LogP contribution in [-0.2, 0) is 4.79 Å². The Hall–Kier alpha value is -1.57. The highest BCUT2D eigenvalue weighted by Gasteiger charge is 1.93. The molecule has 2 nitrogen and oxygen atoms in total. The van der Waals surface area contributed by atoms with Gasteiger partial charge in [-0.3, -0.25) is 4.79 Å². The lowest BCUT2D eigenvalue weighted by Crippen LogP contribution is -1.92. The summed E-state index contributed by atoms with van der Waals surface area (Å²) < 4.78 is 0. The molecule has 2 heteroatoms. The topological polar surface area (TPSA) is 37.3 Å². The summed E-state index contributed by atoms with van der Waals surface area (Å²) in [5.41, 5.74) is 0. The first kappa shape index (κ1) is 24.4. The number of unbranched alkanes of at least 4 members (excludes halogenated alkanes) is 8. The Bertz CT molecular complexity index is 416. The second-order valence-corrected chi connectivity index (χ2v) is 6.78. The van der Waals surface area contributed by atoms with Crippen molar-refractivity contribution in [3.05, 3.63) is 48.6 Å². The van der Waals surface area contributed by atoms with Gasteiger partial charge < -0.3 is 5.11 Å². The maximum Gasteiger partial charge on any atom is 0.303 e. The zero-order chi connectivity index (χ0) is 19.1. The first-order valence-corrected chi connectivity index (χ1v) is 10.6. The average molecular weight is 361 g/mol. The van der Waals surface area contributed by atoms with Crippen LogP contribution >= 0.6 is 0 Å².